The molecule has 0 bridgehead atoms. The molecule has 1 aliphatic rings. The summed E-state index contributed by atoms with van der Waals surface area (Å²) in [5.41, 5.74) is 17.6. The van der Waals surface area contributed by atoms with E-state index in [-0.39, 0.29) is 0 Å². The summed E-state index contributed by atoms with van der Waals surface area (Å²) in [7, 11) is 0. The Bertz CT molecular complexity index is 554. The van der Waals surface area contributed by atoms with Crippen LogP contribution in [0.4, 0.5) is 0 Å². The highest BCUT2D eigenvalue weighted by atomic mass is 14.6. The van der Waals surface area contributed by atoms with Gasteiger partial charge in [0, 0.05) is 21.8 Å². The Balaban J connectivity index is 2.85. The van der Waals surface area contributed by atoms with Crippen molar-refractivity contribution in [1.29, 1.82) is 0 Å². The molecule has 1 aromatic rings. The molecule has 0 unspecified atom stereocenters. The summed E-state index contributed by atoms with van der Waals surface area (Å²) in [6, 6.07) is 4.60. The van der Waals surface area contributed by atoms with Gasteiger partial charge in [-0.2, -0.15) is 0 Å². The molecule has 0 saturated heterocycles. The first-order valence-electron chi connectivity index (χ1n) is 7.83. The van der Waals surface area contributed by atoms with Gasteiger partial charge >= 0.3 is 0 Å². The van der Waals surface area contributed by atoms with Crippen molar-refractivity contribution in [1.82, 2.24) is 0 Å². The third-order valence-electron chi connectivity index (χ3n) is 4.35. The predicted molar refractivity (Wildman–Crippen MR) is 87.2 cm³/mol. The molecule has 20 heavy (non-hydrogen) atoms. The fourth-order valence-corrected chi connectivity index (χ4v) is 2.89. The monoisotopic (exact) mass is 272 g/mol. The number of nitrogens with two attached hydrogens (primary N) is 2. The van der Waals surface area contributed by atoms with Crippen molar-refractivity contribution in [2.24, 2.45) is 23.3 Å². The van der Waals surface area contributed by atoms with Gasteiger partial charge in [0.2, 0.25) is 0 Å². The van der Waals surface area contributed by atoms with Crippen LogP contribution >= 0.6 is 0 Å². The summed E-state index contributed by atoms with van der Waals surface area (Å²) in [6.45, 7) is 8.57. The van der Waals surface area contributed by atoms with Gasteiger partial charge in [-0.05, 0) is 60.8 Å². The number of fused-ring (bicyclic) bond motifs is 1. The Morgan fingerprint density at radius 1 is 0.800 bits per heavy atom. The molecule has 4 N–H and O–H groups in total. The standard InChI is InChI=1S/C18H28N2/c1-11(2)17(19)15-9-13-7-5-6-8-14(13)10-16(15)18(20)12(3)4/h9-12H,5-8,19-20H2,1-4H3/b17-15-,18-16-. The number of aryl methyl sites for hydroxylation is 2. The lowest BCUT2D eigenvalue weighted by atomic mass is 9.89. The third kappa shape index (κ3) is 2.84. The second kappa shape index (κ2) is 5.90. The molecule has 1 aromatic carbocycles. The fraction of sp³-hybridized carbons (Fsp3) is 0.556. The zero-order valence-electron chi connectivity index (χ0n) is 13.3. The summed E-state index contributed by atoms with van der Waals surface area (Å²) >= 11 is 0. The van der Waals surface area contributed by atoms with Crippen molar-refractivity contribution in [2.45, 2.75) is 53.4 Å². The van der Waals surface area contributed by atoms with E-state index in [1.807, 2.05) is 0 Å². The number of benzene rings is 1. The van der Waals surface area contributed by atoms with Crippen LogP contribution in [0.1, 0.15) is 51.7 Å². The topological polar surface area (TPSA) is 52.0 Å². The Morgan fingerprint density at radius 2 is 1.15 bits per heavy atom. The minimum atomic E-state index is 0.343. The molecule has 2 heteroatoms. The maximum Gasteiger partial charge on any atom is 0.0187 e. The maximum atomic E-state index is 6.36. The van der Waals surface area contributed by atoms with E-state index in [1.165, 1.54) is 36.8 Å². The number of rotatable bonds is 2. The lowest BCUT2D eigenvalue weighted by molar-refractivity contribution is 0.683. The minimum Gasteiger partial charge on any atom is -0.401 e. The summed E-state index contributed by atoms with van der Waals surface area (Å²) < 4.78 is 0. The average molecular weight is 272 g/mol. The quantitative estimate of drug-likeness (QED) is 0.865. The van der Waals surface area contributed by atoms with Crippen molar-refractivity contribution >= 4 is 11.4 Å². The molecular weight excluding hydrogens is 244 g/mol. The third-order valence-corrected chi connectivity index (χ3v) is 4.35. The van der Waals surface area contributed by atoms with Crippen LogP contribution in [0.5, 0.6) is 0 Å². The Kier molecular flexibility index (Phi) is 4.42. The second-order valence-electron chi connectivity index (χ2n) is 6.59. The van der Waals surface area contributed by atoms with Crippen LogP contribution < -0.4 is 21.9 Å². The Hall–Kier alpha value is -1.44. The zero-order chi connectivity index (χ0) is 14.9. The lowest BCUT2D eigenvalue weighted by Gasteiger charge is -2.18. The van der Waals surface area contributed by atoms with E-state index in [0.29, 0.717) is 11.8 Å². The molecule has 2 nitrogen and oxygen atoms in total. The van der Waals surface area contributed by atoms with Gasteiger partial charge in [0.25, 0.3) is 0 Å². The highest BCUT2D eigenvalue weighted by Gasteiger charge is 2.12. The Morgan fingerprint density at radius 3 is 1.45 bits per heavy atom. The Labute approximate surface area is 122 Å². The molecule has 110 valence electrons. The normalized spacial score (nSPS) is 18.1. The van der Waals surface area contributed by atoms with Gasteiger partial charge < -0.3 is 11.5 Å². The van der Waals surface area contributed by atoms with Gasteiger partial charge in [0.15, 0.2) is 0 Å². The van der Waals surface area contributed by atoms with E-state index in [2.05, 4.69) is 39.8 Å². The van der Waals surface area contributed by atoms with Gasteiger partial charge in [-0.3, -0.25) is 0 Å². The van der Waals surface area contributed by atoms with Gasteiger partial charge in [-0.25, -0.2) is 0 Å². The molecule has 1 aliphatic carbocycles. The largest absolute Gasteiger partial charge is 0.401 e. The zero-order valence-corrected chi connectivity index (χ0v) is 13.3. The van der Waals surface area contributed by atoms with Crippen LogP contribution in [0.25, 0.3) is 11.4 Å². The fourth-order valence-electron chi connectivity index (χ4n) is 2.89. The summed E-state index contributed by atoms with van der Waals surface area (Å²) in [6.07, 6.45) is 4.93. The molecule has 0 spiro atoms. The van der Waals surface area contributed by atoms with Gasteiger partial charge in [-0.1, -0.05) is 27.7 Å². The van der Waals surface area contributed by atoms with E-state index < -0.39 is 0 Å². The van der Waals surface area contributed by atoms with Crippen molar-refractivity contribution in [3.8, 4) is 0 Å². The summed E-state index contributed by atoms with van der Waals surface area (Å²) in [5, 5.41) is 2.32. The smallest absolute Gasteiger partial charge is 0.0187 e. The number of hydrogen-bond acceptors (Lipinski definition) is 2. The van der Waals surface area contributed by atoms with Crippen LogP contribution in [0.3, 0.4) is 0 Å². The SMILES string of the molecule is CC(C)/C(N)=c1\cc2c(c\c1=C(\N)C(C)C)CCCC2. The van der Waals surface area contributed by atoms with Crippen molar-refractivity contribution in [3.05, 3.63) is 33.7 Å². The predicted octanol–water partition coefficient (Wildman–Crippen LogP) is 2.01. The van der Waals surface area contributed by atoms with E-state index in [9.17, 15) is 0 Å². The van der Waals surface area contributed by atoms with Crippen LogP contribution in [0.2, 0.25) is 0 Å². The molecule has 0 amide bonds. The van der Waals surface area contributed by atoms with Gasteiger partial charge in [0.1, 0.15) is 0 Å². The maximum absolute atomic E-state index is 6.36. The highest BCUT2D eigenvalue weighted by molar-refractivity contribution is 5.52. The van der Waals surface area contributed by atoms with Crippen molar-refractivity contribution in [3.63, 3.8) is 0 Å². The van der Waals surface area contributed by atoms with Gasteiger partial charge in [0.05, 0.1) is 0 Å². The van der Waals surface area contributed by atoms with E-state index in [4.69, 9.17) is 11.5 Å². The first-order chi connectivity index (χ1) is 9.41. The average Bonchev–Trinajstić information content (AvgIpc) is 2.44. The van der Waals surface area contributed by atoms with Crippen molar-refractivity contribution < 1.29 is 0 Å². The first kappa shape index (κ1) is 15.0. The lowest BCUT2D eigenvalue weighted by Crippen LogP contribution is -2.37. The van der Waals surface area contributed by atoms with Crippen LogP contribution in [0, 0.1) is 11.8 Å². The summed E-state index contributed by atoms with van der Waals surface area (Å²) in [5.74, 6) is 0.686. The van der Waals surface area contributed by atoms with Crippen molar-refractivity contribution in [2.75, 3.05) is 0 Å². The molecule has 0 heterocycles. The van der Waals surface area contributed by atoms with E-state index >= 15 is 0 Å². The molecular formula is C18H28N2. The molecule has 0 radical (unpaired) electrons. The van der Waals surface area contributed by atoms with E-state index in [1.54, 1.807) is 0 Å². The highest BCUT2D eigenvalue weighted by Crippen LogP contribution is 2.18. The molecule has 0 fully saturated rings. The minimum absolute atomic E-state index is 0.343. The molecule has 0 atom stereocenters. The van der Waals surface area contributed by atoms with Crippen LogP contribution in [-0.4, -0.2) is 0 Å². The molecule has 0 aliphatic heterocycles. The first-order valence-corrected chi connectivity index (χ1v) is 7.83. The molecule has 0 saturated carbocycles. The second-order valence-corrected chi connectivity index (χ2v) is 6.59. The number of hydrogen-bond donors (Lipinski definition) is 2. The van der Waals surface area contributed by atoms with Gasteiger partial charge in [-0.15, -0.1) is 0 Å². The molecule has 0 aromatic heterocycles. The molecule has 2 rings (SSSR count). The van der Waals surface area contributed by atoms with Crippen LogP contribution in [-0.2, 0) is 12.8 Å². The summed E-state index contributed by atoms with van der Waals surface area (Å²) in [4.78, 5) is 0. The van der Waals surface area contributed by atoms with Crippen LogP contribution in [0.15, 0.2) is 12.1 Å². The van der Waals surface area contributed by atoms with E-state index in [0.717, 1.165) is 21.8 Å².